The maximum absolute atomic E-state index is 5.53. The molecule has 1 aromatic heterocycles. The quantitative estimate of drug-likeness (QED) is 0.844. The molecule has 16 heavy (non-hydrogen) atoms. The van der Waals surface area contributed by atoms with Crippen molar-refractivity contribution in [2.24, 2.45) is 5.92 Å². The second-order valence-corrected chi connectivity index (χ2v) is 5.20. The van der Waals surface area contributed by atoms with Gasteiger partial charge in [-0.05, 0) is 66.7 Å². The number of allylic oxidation sites excluding steroid dienone is 2. The van der Waals surface area contributed by atoms with Crippen LogP contribution >= 0.6 is 15.9 Å². The molecular formula is C13H18BrNO. The highest BCUT2D eigenvalue weighted by molar-refractivity contribution is 9.10. The van der Waals surface area contributed by atoms with Gasteiger partial charge in [-0.1, -0.05) is 12.2 Å². The van der Waals surface area contributed by atoms with Gasteiger partial charge in [-0.3, -0.25) is 0 Å². The Labute approximate surface area is 105 Å². The van der Waals surface area contributed by atoms with Gasteiger partial charge in [-0.25, -0.2) is 0 Å². The van der Waals surface area contributed by atoms with Crippen LogP contribution in [0.15, 0.2) is 33.4 Å². The third kappa shape index (κ3) is 3.22. The average molecular weight is 284 g/mol. The fraction of sp³-hybridized carbons (Fsp3) is 0.538. The van der Waals surface area contributed by atoms with E-state index in [1.807, 2.05) is 12.1 Å². The summed E-state index contributed by atoms with van der Waals surface area (Å²) in [4.78, 5) is 0. The summed E-state index contributed by atoms with van der Waals surface area (Å²) in [6.07, 6.45) is 8.32. The van der Waals surface area contributed by atoms with Crippen molar-refractivity contribution in [2.45, 2.75) is 32.2 Å². The van der Waals surface area contributed by atoms with Crippen LogP contribution in [-0.4, -0.2) is 6.54 Å². The van der Waals surface area contributed by atoms with E-state index in [0.717, 1.165) is 22.9 Å². The Hall–Kier alpha value is -0.540. The molecular weight excluding hydrogens is 266 g/mol. The topological polar surface area (TPSA) is 25.2 Å². The molecule has 0 spiro atoms. The van der Waals surface area contributed by atoms with Crippen LogP contribution in [0.4, 0.5) is 0 Å². The monoisotopic (exact) mass is 283 g/mol. The van der Waals surface area contributed by atoms with Crippen molar-refractivity contribution in [1.82, 2.24) is 5.32 Å². The van der Waals surface area contributed by atoms with Gasteiger partial charge in [0.15, 0.2) is 4.67 Å². The summed E-state index contributed by atoms with van der Waals surface area (Å²) in [6, 6.07) is 4.25. The SMILES string of the molecule is CC(NCC1CC=CCC1)c1ccc(Br)o1. The van der Waals surface area contributed by atoms with Gasteiger partial charge < -0.3 is 9.73 Å². The molecule has 2 nitrogen and oxygen atoms in total. The lowest BCUT2D eigenvalue weighted by atomic mass is 9.94. The highest BCUT2D eigenvalue weighted by Crippen LogP contribution is 2.22. The Kier molecular flexibility index (Phi) is 4.24. The molecule has 1 aliphatic carbocycles. The van der Waals surface area contributed by atoms with Crippen molar-refractivity contribution in [3.05, 3.63) is 34.7 Å². The van der Waals surface area contributed by atoms with Crippen molar-refractivity contribution >= 4 is 15.9 Å². The normalized spacial score (nSPS) is 22.2. The van der Waals surface area contributed by atoms with Crippen LogP contribution in [0, 0.1) is 5.92 Å². The molecule has 0 saturated carbocycles. The van der Waals surface area contributed by atoms with E-state index in [9.17, 15) is 0 Å². The van der Waals surface area contributed by atoms with Crippen LogP contribution < -0.4 is 5.32 Å². The zero-order valence-electron chi connectivity index (χ0n) is 9.58. The molecule has 0 saturated heterocycles. The summed E-state index contributed by atoms with van der Waals surface area (Å²) >= 11 is 3.32. The van der Waals surface area contributed by atoms with E-state index in [1.54, 1.807) is 0 Å². The smallest absolute Gasteiger partial charge is 0.169 e. The molecule has 1 N–H and O–H groups in total. The van der Waals surface area contributed by atoms with Crippen LogP contribution in [0.3, 0.4) is 0 Å². The molecule has 0 amide bonds. The third-order valence-electron chi connectivity index (χ3n) is 3.11. The molecule has 1 heterocycles. The minimum absolute atomic E-state index is 0.289. The van der Waals surface area contributed by atoms with E-state index in [2.05, 4.69) is 40.3 Å². The first kappa shape index (κ1) is 11.9. The molecule has 3 heteroatoms. The molecule has 1 aliphatic rings. The molecule has 0 bridgehead atoms. The van der Waals surface area contributed by atoms with Crippen molar-refractivity contribution in [1.29, 1.82) is 0 Å². The molecule has 88 valence electrons. The molecule has 0 aromatic carbocycles. The summed E-state index contributed by atoms with van der Waals surface area (Å²) in [5, 5.41) is 3.53. The second-order valence-electron chi connectivity index (χ2n) is 4.42. The first-order chi connectivity index (χ1) is 7.75. The number of furan rings is 1. The van der Waals surface area contributed by atoms with Gasteiger partial charge >= 0.3 is 0 Å². The lowest BCUT2D eigenvalue weighted by Crippen LogP contribution is -2.26. The van der Waals surface area contributed by atoms with Crippen LogP contribution in [0.1, 0.15) is 38.0 Å². The number of halogens is 1. The lowest BCUT2D eigenvalue weighted by Gasteiger charge is -2.20. The predicted molar refractivity (Wildman–Crippen MR) is 69.3 cm³/mol. The number of hydrogen-bond donors (Lipinski definition) is 1. The number of nitrogens with one attached hydrogen (secondary N) is 1. The maximum atomic E-state index is 5.53. The van der Waals surface area contributed by atoms with E-state index >= 15 is 0 Å². The second kappa shape index (κ2) is 5.69. The fourth-order valence-corrected chi connectivity index (χ4v) is 2.37. The highest BCUT2D eigenvalue weighted by Gasteiger charge is 2.13. The van der Waals surface area contributed by atoms with Gasteiger partial charge in [0.1, 0.15) is 5.76 Å². The number of hydrogen-bond acceptors (Lipinski definition) is 2. The first-order valence-corrected chi connectivity index (χ1v) is 6.68. The van der Waals surface area contributed by atoms with Crippen LogP contribution in [0.5, 0.6) is 0 Å². The predicted octanol–water partition coefficient (Wildman–Crippen LogP) is 4.05. The lowest BCUT2D eigenvalue weighted by molar-refractivity contribution is 0.374. The molecule has 2 rings (SSSR count). The van der Waals surface area contributed by atoms with Gasteiger partial charge in [0.2, 0.25) is 0 Å². The Morgan fingerprint density at radius 1 is 1.50 bits per heavy atom. The summed E-state index contributed by atoms with van der Waals surface area (Å²) in [6.45, 7) is 3.22. The molecule has 0 fully saturated rings. The van der Waals surface area contributed by atoms with Crippen LogP contribution in [0.2, 0.25) is 0 Å². The van der Waals surface area contributed by atoms with E-state index in [0.29, 0.717) is 0 Å². The van der Waals surface area contributed by atoms with Gasteiger partial charge in [-0.15, -0.1) is 0 Å². The van der Waals surface area contributed by atoms with Crippen molar-refractivity contribution < 1.29 is 4.42 Å². The van der Waals surface area contributed by atoms with E-state index < -0.39 is 0 Å². The fourth-order valence-electron chi connectivity index (χ4n) is 2.05. The molecule has 2 atom stereocenters. The Bertz CT molecular complexity index is 359. The minimum Gasteiger partial charge on any atom is -0.453 e. The van der Waals surface area contributed by atoms with Gasteiger partial charge in [0.05, 0.1) is 6.04 Å². The standard InChI is InChI=1S/C13H18BrNO/c1-10(12-7-8-13(14)16-12)15-9-11-5-3-2-4-6-11/h2-3,7-8,10-11,15H,4-6,9H2,1H3. The largest absolute Gasteiger partial charge is 0.453 e. The Morgan fingerprint density at radius 2 is 2.38 bits per heavy atom. The number of rotatable bonds is 4. The highest BCUT2D eigenvalue weighted by atomic mass is 79.9. The van der Waals surface area contributed by atoms with Crippen molar-refractivity contribution in [2.75, 3.05) is 6.54 Å². The van der Waals surface area contributed by atoms with E-state index in [4.69, 9.17) is 4.42 Å². The van der Waals surface area contributed by atoms with Crippen LogP contribution in [-0.2, 0) is 0 Å². The summed E-state index contributed by atoms with van der Waals surface area (Å²) in [5.74, 6) is 1.78. The minimum atomic E-state index is 0.289. The molecule has 2 unspecified atom stereocenters. The summed E-state index contributed by atoms with van der Waals surface area (Å²) in [7, 11) is 0. The summed E-state index contributed by atoms with van der Waals surface area (Å²) < 4.78 is 6.33. The van der Waals surface area contributed by atoms with E-state index in [1.165, 1.54) is 19.3 Å². The Morgan fingerprint density at radius 3 is 3.00 bits per heavy atom. The molecule has 1 aromatic rings. The zero-order valence-corrected chi connectivity index (χ0v) is 11.2. The average Bonchev–Trinajstić information content (AvgIpc) is 2.74. The van der Waals surface area contributed by atoms with Crippen molar-refractivity contribution in [3.63, 3.8) is 0 Å². The summed E-state index contributed by atoms with van der Waals surface area (Å²) in [5.41, 5.74) is 0. The first-order valence-electron chi connectivity index (χ1n) is 5.89. The van der Waals surface area contributed by atoms with Gasteiger partial charge in [-0.2, -0.15) is 0 Å². The molecule has 0 radical (unpaired) electrons. The third-order valence-corrected chi connectivity index (χ3v) is 3.54. The van der Waals surface area contributed by atoms with Crippen LogP contribution in [0.25, 0.3) is 0 Å². The van der Waals surface area contributed by atoms with E-state index in [-0.39, 0.29) is 6.04 Å². The zero-order chi connectivity index (χ0) is 11.4. The van der Waals surface area contributed by atoms with Crippen molar-refractivity contribution in [3.8, 4) is 0 Å². The Balaban J connectivity index is 1.79. The molecule has 0 aliphatic heterocycles. The van der Waals surface area contributed by atoms with Gasteiger partial charge in [0.25, 0.3) is 0 Å². The van der Waals surface area contributed by atoms with Gasteiger partial charge in [0, 0.05) is 0 Å². The maximum Gasteiger partial charge on any atom is 0.169 e.